The van der Waals surface area contributed by atoms with Gasteiger partial charge in [0.1, 0.15) is 0 Å². The summed E-state index contributed by atoms with van der Waals surface area (Å²) in [6, 6.07) is 17.4. The fraction of sp³-hybridized carbons (Fsp3) is 0.148. The van der Waals surface area contributed by atoms with Crippen LogP contribution in [0.3, 0.4) is 0 Å². The van der Waals surface area contributed by atoms with E-state index < -0.39 is 5.91 Å². The molecule has 176 valence electrons. The molecule has 8 heteroatoms. The molecule has 0 spiro atoms. The number of anilines is 1. The van der Waals surface area contributed by atoms with Crippen LogP contribution in [0.15, 0.2) is 84.1 Å². The molecule has 0 saturated heterocycles. The quantitative estimate of drug-likeness (QED) is 0.421. The fourth-order valence-electron chi connectivity index (χ4n) is 4.31. The second-order valence-electron chi connectivity index (χ2n) is 8.41. The van der Waals surface area contributed by atoms with Crippen molar-refractivity contribution < 1.29 is 9.53 Å². The lowest BCUT2D eigenvalue weighted by atomic mass is 9.85. The third kappa shape index (κ3) is 4.51. The molecule has 0 bridgehead atoms. The summed E-state index contributed by atoms with van der Waals surface area (Å²) >= 11 is 0. The van der Waals surface area contributed by atoms with Crippen LogP contribution in [0.4, 0.5) is 5.69 Å². The zero-order chi connectivity index (χ0) is 24.4. The average Bonchev–Trinajstić information content (AvgIpc) is 3.34. The number of benzene rings is 1. The fourth-order valence-corrected chi connectivity index (χ4v) is 4.31. The van der Waals surface area contributed by atoms with Gasteiger partial charge in [-0.15, -0.1) is 0 Å². The second-order valence-corrected chi connectivity index (χ2v) is 8.41. The number of nitrogens with two attached hydrogens (primary N) is 2. The summed E-state index contributed by atoms with van der Waals surface area (Å²) in [5.74, 6) is -0.221. The Kier molecular flexibility index (Phi) is 6.03. The highest BCUT2D eigenvalue weighted by Crippen LogP contribution is 2.39. The van der Waals surface area contributed by atoms with E-state index >= 15 is 0 Å². The highest BCUT2D eigenvalue weighted by Gasteiger charge is 2.28. The number of hydrogen-bond donors (Lipinski definition) is 4. The van der Waals surface area contributed by atoms with Gasteiger partial charge in [-0.2, -0.15) is 0 Å². The standard InChI is InChI=1S/C27H26N6O2/c1-16-10-11-20-19(15-30-33-20)24(16)18-14-22(32-26(25(18)28)27(29)34)21-8-5-9-23(31-21)35-13-12-17-6-3-2-4-7-17/h2-11,14-15,20,30,33H,12-13,28H2,1H3,(H2,29,34). The van der Waals surface area contributed by atoms with Crippen LogP contribution < -0.4 is 27.1 Å². The van der Waals surface area contributed by atoms with Crippen molar-refractivity contribution in [3.05, 3.63) is 101 Å². The molecule has 2 aliphatic rings. The number of fused-ring (bicyclic) bond motifs is 1. The highest BCUT2D eigenvalue weighted by molar-refractivity contribution is 6.02. The molecule has 1 aromatic carbocycles. The third-order valence-electron chi connectivity index (χ3n) is 6.05. The van der Waals surface area contributed by atoms with Gasteiger partial charge >= 0.3 is 0 Å². The minimum absolute atomic E-state index is 0.00112. The first-order chi connectivity index (χ1) is 17.0. The van der Waals surface area contributed by atoms with Crippen LogP contribution in [-0.2, 0) is 6.42 Å². The summed E-state index contributed by atoms with van der Waals surface area (Å²) < 4.78 is 5.89. The number of amides is 1. The molecule has 2 aromatic heterocycles. The van der Waals surface area contributed by atoms with Gasteiger partial charge in [0.05, 0.1) is 29.7 Å². The molecule has 0 saturated carbocycles. The number of nitrogens with zero attached hydrogens (tertiary/aromatic N) is 2. The summed E-state index contributed by atoms with van der Waals surface area (Å²) in [6.45, 7) is 2.49. The van der Waals surface area contributed by atoms with E-state index in [4.69, 9.17) is 16.2 Å². The van der Waals surface area contributed by atoms with Crippen LogP contribution in [0.2, 0.25) is 0 Å². The summed E-state index contributed by atoms with van der Waals surface area (Å²) in [7, 11) is 0. The number of allylic oxidation sites excluding steroid dienone is 2. The summed E-state index contributed by atoms with van der Waals surface area (Å²) in [4.78, 5) is 21.4. The van der Waals surface area contributed by atoms with E-state index in [9.17, 15) is 4.79 Å². The van der Waals surface area contributed by atoms with E-state index in [0.29, 0.717) is 29.4 Å². The molecule has 1 atom stereocenters. The Morgan fingerprint density at radius 1 is 1.09 bits per heavy atom. The number of hydrogen-bond acceptors (Lipinski definition) is 7. The van der Waals surface area contributed by atoms with Crippen LogP contribution in [0.1, 0.15) is 28.5 Å². The maximum Gasteiger partial charge on any atom is 0.269 e. The molecule has 8 nitrogen and oxygen atoms in total. The Morgan fingerprint density at radius 3 is 2.71 bits per heavy atom. The van der Waals surface area contributed by atoms with Gasteiger partial charge in [0, 0.05) is 24.3 Å². The molecule has 35 heavy (non-hydrogen) atoms. The average molecular weight is 467 g/mol. The number of carbonyl (C=O) groups excluding carboxylic acids is 1. The first-order valence-corrected chi connectivity index (χ1v) is 11.4. The number of ether oxygens (including phenoxy) is 1. The lowest BCUT2D eigenvalue weighted by Crippen LogP contribution is -2.31. The largest absolute Gasteiger partial charge is 0.477 e. The highest BCUT2D eigenvalue weighted by atomic mass is 16.5. The molecule has 3 heterocycles. The van der Waals surface area contributed by atoms with Gasteiger partial charge in [-0.1, -0.05) is 48.6 Å². The lowest BCUT2D eigenvalue weighted by Gasteiger charge is -2.23. The Balaban J connectivity index is 1.50. The van der Waals surface area contributed by atoms with Gasteiger partial charge in [-0.25, -0.2) is 15.4 Å². The molecule has 0 radical (unpaired) electrons. The van der Waals surface area contributed by atoms with Crippen LogP contribution in [0, 0.1) is 0 Å². The molecule has 1 unspecified atom stereocenters. The number of nitrogen functional groups attached to an aromatic ring is 1. The zero-order valence-corrected chi connectivity index (χ0v) is 19.3. The predicted molar refractivity (Wildman–Crippen MR) is 136 cm³/mol. The van der Waals surface area contributed by atoms with E-state index in [0.717, 1.165) is 23.1 Å². The molecule has 3 aromatic rings. The summed E-state index contributed by atoms with van der Waals surface area (Å²) in [6.07, 6.45) is 6.76. The molecule has 1 aliphatic heterocycles. The number of pyridine rings is 2. The van der Waals surface area contributed by atoms with Crippen molar-refractivity contribution in [2.24, 2.45) is 5.73 Å². The lowest BCUT2D eigenvalue weighted by molar-refractivity contribution is 0.0996. The van der Waals surface area contributed by atoms with Crippen molar-refractivity contribution in [2.75, 3.05) is 12.3 Å². The molecule has 6 N–H and O–H groups in total. The van der Waals surface area contributed by atoms with Crippen LogP contribution in [-0.4, -0.2) is 28.5 Å². The van der Waals surface area contributed by atoms with Crippen molar-refractivity contribution in [2.45, 2.75) is 19.4 Å². The maximum absolute atomic E-state index is 12.3. The van der Waals surface area contributed by atoms with E-state index in [1.165, 1.54) is 5.56 Å². The smallest absolute Gasteiger partial charge is 0.269 e. The Morgan fingerprint density at radius 2 is 1.91 bits per heavy atom. The second kappa shape index (κ2) is 9.44. The first-order valence-electron chi connectivity index (χ1n) is 11.4. The van der Waals surface area contributed by atoms with Crippen LogP contribution in [0.5, 0.6) is 5.88 Å². The van der Waals surface area contributed by atoms with Crippen molar-refractivity contribution in [3.8, 4) is 17.3 Å². The molecular formula is C27H26N6O2. The molecular weight excluding hydrogens is 440 g/mol. The molecule has 1 aliphatic carbocycles. The van der Waals surface area contributed by atoms with E-state index in [1.54, 1.807) is 6.07 Å². The molecule has 0 fully saturated rings. The topological polar surface area (TPSA) is 128 Å². The van der Waals surface area contributed by atoms with Gasteiger partial charge in [0.2, 0.25) is 5.88 Å². The number of nitrogens with one attached hydrogen (secondary N) is 2. The number of carbonyl (C=O) groups is 1. The number of hydrazine groups is 1. The Labute approximate surface area is 203 Å². The Hall–Kier alpha value is -4.43. The number of aromatic nitrogens is 2. The van der Waals surface area contributed by atoms with Gasteiger partial charge < -0.3 is 21.6 Å². The maximum atomic E-state index is 12.3. The Bertz CT molecular complexity index is 1380. The van der Waals surface area contributed by atoms with Gasteiger partial charge in [-0.3, -0.25) is 4.79 Å². The predicted octanol–water partition coefficient (Wildman–Crippen LogP) is 3.15. The van der Waals surface area contributed by atoms with E-state index in [2.05, 4.69) is 39.0 Å². The van der Waals surface area contributed by atoms with E-state index in [-0.39, 0.29) is 17.4 Å². The zero-order valence-electron chi connectivity index (χ0n) is 19.3. The van der Waals surface area contributed by atoms with Crippen molar-refractivity contribution in [1.29, 1.82) is 0 Å². The van der Waals surface area contributed by atoms with Crippen LogP contribution in [0.25, 0.3) is 17.0 Å². The van der Waals surface area contributed by atoms with Crippen molar-refractivity contribution in [1.82, 2.24) is 20.8 Å². The first kappa shape index (κ1) is 22.4. The number of primary amides is 1. The van der Waals surface area contributed by atoms with Gasteiger partial charge in [0.25, 0.3) is 5.91 Å². The third-order valence-corrected chi connectivity index (χ3v) is 6.05. The minimum Gasteiger partial charge on any atom is -0.477 e. The van der Waals surface area contributed by atoms with Gasteiger partial charge in [-0.05, 0) is 41.3 Å². The minimum atomic E-state index is -0.696. The van der Waals surface area contributed by atoms with Crippen molar-refractivity contribution in [3.63, 3.8) is 0 Å². The van der Waals surface area contributed by atoms with Crippen molar-refractivity contribution >= 4 is 17.2 Å². The number of rotatable bonds is 7. The van der Waals surface area contributed by atoms with Crippen LogP contribution >= 0.6 is 0 Å². The summed E-state index contributed by atoms with van der Waals surface area (Å²) in [5.41, 5.74) is 24.5. The SMILES string of the molecule is CC1=C(c2cc(-c3cccc(OCCc4ccccc4)n3)nc(C(N)=O)c2N)C2=CNNC2C=C1. The van der Waals surface area contributed by atoms with E-state index in [1.807, 2.05) is 55.6 Å². The molecule has 1 amide bonds. The normalized spacial score (nSPS) is 16.5. The summed E-state index contributed by atoms with van der Waals surface area (Å²) in [5, 5.41) is 0. The molecule has 5 rings (SSSR count). The monoisotopic (exact) mass is 466 g/mol. The van der Waals surface area contributed by atoms with Gasteiger partial charge in [0.15, 0.2) is 5.69 Å².